The molecule has 2 unspecified atom stereocenters. The minimum atomic E-state index is -0.970. The smallest absolute Gasteiger partial charge is 0.335 e. The van der Waals surface area contributed by atoms with Crippen LogP contribution in [0.2, 0.25) is 0 Å². The number of carbonyl (C=O) groups is 1. The molecule has 188 valence electrons. The van der Waals surface area contributed by atoms with E-state index < -0.39 is 5.97 Å². The van der Waals surface area contributed by atoms with Gasteiger partial charge in [0.15, 0.2) is 5.11 Å². The summed E-state index contributed by atoms with van der Waals surface area (Å²) in [5.41, 5.74) is 3.41. The molecule has 0 spiro atoms. The monoisotopic (exact) mass is 515 g/mol. The van der Waals surface area contributed by atoms with Crippen LogP contribution in [0.25, 0.3) is 11.3 Å². The number of carboxylic acid groups (broad SMARTS) is 1. The number of carboxylic acids is 1. The van der Waals surface area contributed by atoms with Gasteiger partial charge in [-0.1, -0.05) is 12.1 Å². The second kappa shape index (κ2) is 9.94. The van der Waals surface area contributed by atoms with Gasteiger partial charge in [0.2, 0.25) is 0 Å². The number of benzene rings is 2. The Hall–Kier alpha value is -4.37. The molecule has 0 saturated carbocycles. The van der Waals surface area contributed by atoms with Gasteiger partial charge in [-0.25, -0.2) is 4.79 Å². The van der Waals surface area contributed by atoms with E-state index in [9.17, 15) is 9.90 Å². The molecule has 0 radical (unpaired) electrons. The van der Waals surface area contributed by atoms with E-state index >= 15 is 0 Å². The normalized spacial score (nSPS) is 16.9. The number of aryl methyl sites for hydroxylation is 1. The number of pyridine rings is 1. The number of anilines is 1. The van der Waals surface area contributed by atoms with Crippen LogP contribution < -0.4 is 19.7 Å². The van der Waals surface area contributed by atoms with Crippen molar-refractivity contribution in [2.75, 3.05) is 19.1 Å². The van der Waals surface area contributed by atoms with Gasteiger partial charge in [-0.2, -0.15) is 0 Å². The Morgan fingerprint density at radius 3 is 2.59 bits per heavy atom. The van der Waals surface area contributed by atoms with Crippen LogP contribution in [0, 0.1) is 6.92 Å². The Labute approximate surface area is 219 Å². The van der Waals surface area contributed by atoms with Gasteiger partial charge in [0.1, 0.15) is 29.1 Å². The molecule has 2 aromatic carbocycles. The zero-order valence-electron chi connectivity index (χ0n) is 20.5. The van der Waals surface area contributed by atoms with E-state index in [2.05, 4.69) is 10.3 Å². The van der Waals surface area contributed by atoms with Gasteiger partial charge in [0.25, 0.3) is 0 Å². The van der Waals surface area contributed by atoms with Gasteiger partial charge in [-0.3, -0.25) is 4.98 Å². The highest BCUT2D eigenvalue weighted by molar-refractivity contribution is 7.80. The van der Waals surface area contributed by atoms with E-state index in [1.807, 2.05) is 60.4 Å². The summed E-state index contributed by atoms with van der Waals surface area (Å²) >= 11 is 5.81. The summed E-state index contributed by atoms with van der Waals surface area (Å²) in [5.74, 6) is 1.59. The van der Waals surface area contributed by atoms with Crippen LogP contribution in [0.15, 0.2) is 77.3 Å². The van der Waals surface area contributed by atoms with E-state index in [0.29, 0.717) is 28.1 Å². The van der Waals surface area contributed by atoms with Crippen molar-refractivity contribution in [3.63, 3.8) is 0 Å². The van der Waals surface area contributed by atoms with Gasteiger partial charge in [-0.05, 0) is 73.2 Å². The molecule has 2 N–H and O–H groups in total. The quantitative estimate of drug-likeness (QED) is 0.307. The van der Waals surface area contributed by atoms with Crippen molar-refractivity contribution in [1.29, 1.82) is 0 Å². The van der Waals surface area contributed by atoms with Crippen molar-refractivity contribution < 1.29 is 23.8 Å². The molecule has 3 heterocycles. The van der Waals surface area contributed by atoms with Crippen LogP contribution >= 0.6 is 12.2 Å². The molecule has 1 saturated heterocycles. The molecule has 0 amide bonds. The van der Waals surface area contributed by atoms with Crippen molar-refractivity contribution in [3.8, 4) is 22.8 Å². The molecule has 8 nitrogen and oxygen atoms in total. The van der Waals surface area contributed by atoms with Crippen molar-refractivity contribution in [3.05, 3.63) is 95.5 Å². The molecule has 5 rings (SSSR count). The van der Waals surface area contributed by atoms with Gasteiger partial charge in [-0.15, -0.1) is 0 Å². The van der Waals surface area contributed by atoms with Gasteiger partial charge in [0.05, 0.1) is 37.2 Å². The fourth-order valence-corrected chi connectivity index (χ4v) is 4.96. The molecule has 2 atom stereocenters. The van der Waals surface area contributed by atoms with E-state index in [0.717, 1.165) is 22.5 Å². The fraction of sp³-hybridized carbons (Fsp3) is 0.179. The number of thiocarbonyl (C=S) groups is 1. The Bertz CT molecular complexity index is 1470. The highest BCUT2D eigenvalue weighted by Crippen LogP contribution is 2.46. The predicted molar refractivity (Wildman–Crippen MR) is 143 cm³/mol. The van der Waals surface area contributed by atoms with Crippen molar-refractivity contribution in [2.24, 2.45) is 0 Å². The third kappa shape index (κ3) is 4.49. The van der Waals surface area contributed by atoms with Crippen molar-refractivity contribution >= 4 is 29.0 Å². The first kappa shape index (κ1) is 24.3. The fourth-order valence-electron chi connectivity index (χ4n) is 4.62. The van der Waals surface area contributed by atoms with Crippen molar-refractivity contribution in [2.45, 2.75) is 19.0 Å². The average molecular weight is 516 g/mol. The maximum Gasteiger partial charge on any atom is 0.335 e. The lowest BCUT2D eigenvalue weighted by Gasteiger charge is -2.27. The first-order chi connectivity index (χ1) is 17.9. The average Bonchev–Trinajstić information content (AvgIpc) is 3.53. The first-order valence-corrected chi connectivity index (χ1v) is 12.0. The number of hydrogen-bond donors (Lipinski definition) is 2. The SMILES string of the molecule is COc1ccc(N2C(=S)NC(c3ccccn3)C2c2ccc(-c3ccc(C(=O)O)cc3C)o2)c(OC)c1. The summed E-state index contributed by atoms with van der Waals surface area (Å²) in [6.45, 7) is 1.86. The Morgan fingerprint density at radius 1 is 1.08 bits per heavy atom. The molecule has 1 aliphatic heterocycles. The molecule has 9 heteroatoms. The number of methoxy groups -OCH3 is 2. The molecule has 0 bridgehead atoms. The lowest BCUT2D eigenvalue weighted by Crippen LogP contribution is -2.29. The number of rotatable bonds is 7. The highest BCUT2D eigenvalue weighted by Gasteiger charge is 2.43. The van der Waals surface area contributed by atoms with E-state index in [-0.39, 0.29) is 17.6 Å². The molecule has 0 aliphatic carbocycles. The topological polar surface area (TPSA) is 97.1 Å². The second-order valence-electron chi connectivity index (χ2n) is 8.57. The third-order valence-electron chi connectivity index (χ3n) is 6.40. The lowest BCUT2D eigenvalue weighted by atomic mass is 10.0. The molecular weight excluding hydrogens is 490 g/mol. The van der Waals surface area contributed by atoms with Gasteiger partial charge >= 0.3 is 5.97 Å². The summed E-state index contributed by atoms with van der Waals surface area (Å²) < 4.78 is 17.5. The third-order valence-corrected chi connectivity index (χ3v) is 6.72. The predicted octanol–water partition coefficient (Wildman–Crippen LogP) is 5.54. The van der Waals surface area contributed by atoms with Crippen LogP contribution in [0.3, 0.4) is 0 Å². The summed E-state index contributed by atoms with van der Waals surface area (Å²) in [7, 11) is 3.20. The minimum absolute atomic E-state index is 0.228. The number of nitrogens with one attached hydrogen (secondary N) is 1. The van der Waals surface area contributed by atoms with Crippen LogP contribution in [0.1, 0.15) is 39.5 Å². The minimum Gasteiger partial charge on any atom is -0.497 e. The second-order valence-corrected chi connectivity index (χ2v) is 8.96. The molecule has 37 heavy (non-hydrogen) atoms. The largest absolute Gasteiger partial charge is 0.497 e. The molecule has 1 fully saturated rings. The molecule has 2 aromatic heterocycles. The summed E-state index contributed by atoms with van der Waals surface area (Å²) in [6.07, 6.45) is 1.74. The molecule has 4 aromatic rings. The number of aromatic carboxylic acids is 1. The number of nitrogens with zero attached hydrogens (tertiary/aromatic N) is 2. The molecule has 1 aliphatic rings. The van der Waals surface area contributed by atoms with Gasteiger partial charge in [0, 0.05) is 17.8 Å². The summed E-state index contributed by atoms with van der Waals surface area (Å²) in [5, 5.41) is 13.2. The maximum atomic E-state index is 11.4. The van der Waals surface area contributed by atoms with Gasteiger partial charge < -0.3 is 29.2 Å². The number of furan rings is 1. The van der Waals surface area contributed by atoms with Crippen LogP contribution in [-0.4, -0.2) is 35.4 Å². The molecular formula is C28H25N3O5S. The number of hydrogen-bond acceptors (Lipinski definition) is 6. The zero-order valence-corrected chi connectivity index (χ0v) is 21.3. The number of aromatic nitrogens is 1. The zero-order chi connectivity index (χ0) is 26.1. The van der Waals surface area contributed by atoms with Crippen molar-refractivity contribution in [1.82, 2.24) is 10.3 Å². The summed E-state index contributed by atoms with van der Waals surface area (Å²) in [6, 6.07) is 19.4. The Kier molecular flexibility index (Phi) is 6.54. The Morgan fingerprint density at radius 2 is 1.92 bits per heavy atom. The highest BCUT2D eigenvalue weighted by atomic mass is 32.1. The van der Waals surface area contributed by atoms with Crippen LogP contribution in [0.5, 0.6) is 11.5 Å². The van der Waals surface area contributed by atoms with Crippen LogP contribution in [-0.2, 0) is 0 Å². The van der Waals surface area contributed by atoms with Crippen LogP contribution in [0.4, 0.5) is 5.69 Å². The number of ether oxygens (including phenoxy) is 2. The Balaban J connectivity index is 1.61. The van der Waals surface area contributed by atoms with E-state index in [4.69, 9.17) is 26.1 Å². The lowest BCUT2D eigenvalue weighted by molar-refractivity contribution is 0.0696. The standard InChI is InChI=1S/C28H25N3O5S/c1-16-14-17(27(32)33)7-9-19(16)22-11-12-23(36-22)26-25(20-6-4-5-13-29-20)30-28(37)31(26)21-10-8-18(34-2)15-24(21)35-3/h4-15,25-26H,1-3H3,(H,30,37)(H,32,33). The van der Waals surface area contributed by atoms with E-state index in [1.54, 1.807) is 38.6 Å². The summed E-state index contributed by atoms with van der Waals surface area (Å²) in [4.78, 5) is 17.9. The van der Waals surface area contributed by atoms with E-state index in [1.165, 1.54) is 0 Å². The maximum absolute atomic E-state index is 11.4. The first-order valence-electron chi connectivity index (χ1n) is 11.6.